The number of halogens is 1. The molecule has 92 valence electrons. The number of hydrogen-bond acceptors (Lipinski definition) is 2. The van der Waals surface area contributed by atoms with Crippen LogP contribution in [0.2, 0.25) is 0 Å². The van der Waals surface area contributed by atoms with Gasteiger partial charge in [0.1, 0.15) is 0 Å². The third-order valence-electron chi connectivity index (χ3n) is 3.16. The second-order valence-electron chi connectivity index (χ2n) is 4.53. The lowest BCUT2D eigenvalue weighted by Crippen LogP contribution is -2.41. The van der Waals surface area contributed by atoms with Gasteiger partial charge in [-0.2, -0.15) is 0 Å². The van der Waals surface area contributed by atoms with Crippen molar-refractivity contribution in [1.29, 1.82) is 0 Å². The Morgan fingerprint density at radius 2 is 2.35 bits per heavy atom. The minimum Gasteiger partial charge on any atom is -0.334 e. The van der Waals surface area contributed by atoms with Gasteiger partial charge in [-0.05, 0) is 37.5 Å². The molecular formula is C13H17BrN2O. The Bertz CT molecular complexity index is 420. The minimum absolute atomic E-state index is 0.0486. The van der Waals surface area contributed by atoms with Crippen LogP contribution >= 0.6 is 15.9 Å². The Morgan fingerprint density at radius 1 is 1.59 bits per heavy atom. The lowest BCUT2D eigenvalue weighted by Gasteiger charge is -2.26. The van der Waals surface area contributed by atoms with E-state index in [4.69, 9.17) is 5.73 Å². The van der Waals surface area contributed by atoms with E-state index in [0.717, 1.165) is 23.9 Å². The van der Waals surface area contributed by atoms with E-state index in [2.05, 4.69) is 28.1 Å². The summed E-state index contributed by atoms with van der Waals surface area (Å²) >= 11 is 3.47. The number of nitrogens with two attached hydrogens (primary N) is 1. The summed E-state index contributed by atoms with van der Waals surface area (Å²) in [6, 6.07) is 7.93. The first-order valence-corrected chi connectivity index (χ1v) is 6.70. The van der Waals surface area contributed by atoms with Crippen molar-refractivity contribution in [3.05, 3.63) is 34.3 Å². The van der Waals surface area contributed by atoms with Crippen LogP contribution < -0.4 is 5.73 Å². The second kappa shape index (κ2) is 5.19. The molecule has 0 radical (unpaired) electrons. The van der Waals surface area contributed by atoms with Crippen molar-refractivity contribution in [2.45, 2.75) is 31.8 Å². The Kier molecular flexibility index (Phi) is 3.84. The molecule has 0 spiro atoms. The Hall–Kier alpha value is -0.870. The second-order valence-corrected chi connectivity index (χ2v) is 5.45. The van der Waals surface area contributed by atoms with Gasteiger partial charge in [-0.3, -0.25) is 4.79 Å². The Morgan fingerprint density at radius 3 is 3.00 bits per heavy atom. The van der Waals surface area contributed by atoms with Gasteiger partial charge in [-0.1, -0.05) is 28.1 Å². The van der Waals surface area contributed by atoms with Gasteiger partial charge in [-0.15, -0.1) is 0 Å². The van der Waals surface area contributed by atoms with Gasteiger partial charge >= 0.3 is 0 Å². The topological polar surface area (TPSA) is 46.3 Å². The van der Waals surface area contributed by atoms with E-state index < -0.39 is 6.04 Å². The van der Waals surface area contributed by atoms with E-state index in [0.29, 0.717) is 0 Å². The fraction of sp³-hybridized carbons (Fsp3) is 0.462. The van der Waals surface area contributed by atoms with Crippen LogP contribution in [0, 0.1) is 0 Å². The summed E-state index contributed by atoms with van der Waals surface area (Å²) in [5.41, 5.74) is 6.87. The molecular weight excluding hydrogens is 280 g/mol. The smallest absolute Gasteiger partial charge is 0.239 e. The predicted octanol–water partition coefficient (Wildman–Crippen LogP) is 2.46. The molecule has 0 bridgehead atoms. The van der Waals surface area contributed by atoms with Crippen LogP contribution in [0.1, 0.15) is 31.4 Å². The molecule has 1 saturated heterocycles. The van der Waals surface area contributed by atoms with Crippen molar-refractivity contribution in [3.8, 4) is 0 Å². The molecule has 1 aromatic carbocycles. The third-order valence-corrected chi connectivity index (χ3v) is 3.65. The van der Waals surface area contributed by atoms with E-state index in [-0.39, 0.29) is 11.9 Å². The van der Waals surface area contributed by atoms with Crippen molar-refractivity contribution in [1.82, 2.24) is 4.90 Å². The van der Waals surface area contributed by atoms with Gasteiger partial charge in [0.05, 0.1) is 12.1 Å². The molecule has 0 aliphatic carbocycles. The zero-order chi connectivity index (χ0) is 12.4. The van der Waals surface area contributed by atoms with E-state index >= 15 is 0 Å². The van der Waals surface area contributed by atoms with Crippen LogP contribution in [-0.2, 0) is 4.79 Å². The maximum absolute atomic E-state index is 12.0. The van der Waals surface area contributed by atoms with Crippen LogP contribution in [-0.4, -0.2) is 23.4 Å². The molecule has 1 aliphatic rings. The van der Waals surface area contributed by atoms with Gasteiger partial charge < -0.3 is 10.6 Å². The molecule has 1 unspecified atom stereocenters. The van der Waals surface area contributed by atoms with Crippen LogP contribution in [0.3, 0.4) is 0 Å². The molecule has 3 nitrogen and oxygen atoms in total. The number of likely N-dealkylation sites (tertiary alicyclic amines) is 1. The van der Waals surface area contributed by atoms with Crippen molar-refractivity contribution in [2.75, 3.05) is 6.54 Å². The highest BCUT2D eigenvalue weighted by Gasteiger charge is 2.31. The van der Waals surface area contributed by atoms with Gasteiger partial charge in [0.15, 0.2) is 0 Å². The van der Waals surface area contributed by atoms with E-state index in [1.54, 1.807) is 6.92 Å². The number of carbonyl (C=O) groups excluding carboxylic acids is 1. The zero-order valence-electron chi connectivity index (χ0n) is 9.90. The van der Waals surface area contributed by atoms with Gasteiger partial charge in [0.2, 0.25) is 5.91 Å². The van der Waals surface area contributed by atoms with E-state index in [1.165, 1.54) is 5.56 Å². The summed E-state index contributed by atoms with van der Waals surface area (Å²) in [5, 5.41) is 0. The number of rotatable bonds is 2. The largest absolute Gasteiger partial charge is 0.334 e. The summed E-state index contributed by atoms with van der Waals surface area (Å²) in [5.74, 6) is 0.0486. The normalized spacial score (nSPS) is 21.6. The monoisotopic (exact) mass is 296 g/mol. The summed E-state index contributed by atoms with van der Waals surface area (Å²) in [7, 11) is 0. The first-order valence-electron chi connectivity index (χ1n) is 5.91. The molecule has 1 fully saturated rings. The zero-order valence-corrected chi connectivity index (χ0v) is 11.5. The van der Waals surface area contributed by atoms with Crippen molar-refractivity contribution >= 4 is 21.8 Å². The van der Waals surface area contributed by atoms with Gasteiger partial charge in [0.25, 0.3) is 0 Å². The molecule has 2 N–H and O–H groups in total. The third kappa shape index (κ3) is 2.69. The summed E-state index contributed by atoms with van der Waals surface area (Å²) in [4.78, 5) is 13.9. The average molecular weight is 297 g/mol. The number of carbonyl (C=O) groups is 1. The molecule has 1 heterocycles. The SMILES string of the molecule is C[C@@H](N)C(=O)N1CCCC1c1cccc(Br)c1. The minimum atomic E-state index is -0.414. The first-order chi connectivity index (χ1) is 8.09. The number of benzene rings is 1. The highest BCUT2D eigenvalue weighted by Crippen LogP contribution is 2.33. The number of hydrogen-bond donors (Lipinski definition) is 1. The lowest BCUT2D eigenvalue weighted by atomic mass is 10.0. The fourth-order valence-electron chi connectivity index (χ4n) is 2.35. The molecule has 0 saturated carbocycles. The van der Waals surface area contributed by atoms with Crippen molar-refractivity contribution in [3.63, 3.8) is 0 Å². The molecule has 0 aromatic heterocycles. The standard InChI is InChI=1S/C13H17BrN2O/c1-9(15)13(17)16-7-3-6-12(16)10-4-2-5-11(14)8-10/h2,4-5,8-9,12H,3,6-7,15H2,1H3/t9-,12?/m1/s1. The Balaban J connectivity index is 2.23. The Labute approximate surface area is 110 Å². The number of nitrogens with zero attached hydrogens (tertiary/aromatic N) is 1. The van der Waals surface area contributed by atoms with Crippen LogP contribution in [0.5, 0.6) is 0 Å². The molecule has 2 rings (SSSR count). The molecule has 2 atom stereocenters. The fourth-order valence-corrected chi connectivity index (χ4v) is 2.77. The molecule has 1 aromatic rings. The van der Waals surface area contributed by atoms with Crippen LogP contribution in [0.15, 0.2) is 28.7 Å². The van der Waals surface area contributed by atoms with Crippen molar-refractivity contribution in [2.24, 2.45) is 5.73 Å². The molecule has 17 heavy (non-hydrogen) atoms. The van der Waals surface area contributed by atoms with Gasteiger partial charge in [-0.25, -0.2) is 0 Å². The van der Waals surface area contributed by atoms with Crippen LogP contribution in [0.25, 0.3) is 0 Å². The quantitative estimate of drug-likeness (QED) is 0.911. The highest BCUT2D eigenvalue weighted by molar-refractivity contribution is 9.10. The van der Waals surface area contributed by atoms with E-state index in [9.17, 15) is 4.79 Å². The molecule has 1 aliphatic heterocycles. The number of amides is 1. The van der Waals surface area contributed by atoms with Crippen molar-refractivity contribution < 1.29 is 4.79 Å². The average Bonchev–Trinajstić information content (AvgIpc) is 2.76. The predicted molar refractivity (Wildman–Crippen MR) is 71.5 cm³/mol. The van der Waals surface area contributed by atoms with E-state index in [1.807, 2.05) is 17.0 Å². The summed E-state index contributed by atoms with van der Waals surface area (Å²) < 4.78 is 1.05. The summed E-state index contributed by atoms with van der Waals surface area (Å²) in [6.07, 6.45) is 2.07. The maximum atomic E-state index is 12.0. The highest BCUT2D eigenvalue weighted by atomic mass is 79.9. The first kappa shape index (κ1) is 12.6. The molecule has 4 heteroatoms. The maximum Gasteiger partial charge on any atom is 0.239 e. The molecule has 1 amide bonds. The van der Waals surface area contributed by atoms with Crippen LogP contribution in [0.4, 0.5) is 0 Å². The van der Waals surface area contributed by atoms with Gasteiger partial charge in [0, 0.05) is 11.0 Å². The summed E-state index contributed by atoms with van der Waals surface area (Å²) in [6.45, 7) is 2.57. The lowest BCUT2D eigenvalue weighted by molar-refractivity contribution is -0.133.